The smallest absolute Gasteiger partial charge is 0.258 e. The fraction of sp³-hybridized carbons (Fsp3) is 0.222. The summed E-state index contributed by atoms with van der Waals surface area (Å²) in [5.74, 6) is -0.335. The van der Waals surface area contributed by atoms with Gasteiger partial charge in [0.15, 0.2) is 5.11 Å². The van der Waals surface area contributed by atoms with Crippen molar-refractivity contribution in [2.24, 2.45) is 0 Å². The lowest BCUT2D eigenvalue weighted by atomic mass is 10.2. The molecule has 0 aliphatic rings. The molecule has 0 aromatic heterocycles. The third kappa shape index (κ3) is 4.69. The quantitative estimate of drug-likeness (QED) is 0.779. The molecule has 0 radical (unpaired) electrons. The zero-order valence-electron chi connectivity index (χ0n) is 13.7. The predicted molar refractivity (Wildman–Crippen MR) is 105 cm³/mol. The monoisotopic (exact) mass is 361 g/mol. The normalized spacial score (nSPS) is 10.1. The summed E-state index contributed by atoms with van der Waals surface area (Å²) in [5, 5.41) is 6.26. The summed E-state index contributed by atoms with van der Waals surface area (Å²) < 4.78 is 0. The first-order chi connectivity index (χ1) is 11.5. The van der Waals surface area contributed by atoms with E-state index in [1.807, 2.05) is 24.3 Å². The van der Waals surface area contributed by atoms with Crippen LogP contribution in [0.5, 0.6) is 0 Å². The molecular formula is C18H20ClN3OS. The van der Waals surface area contributed by atoms with Gasteiger partial charge in [-0.15, -0.1) is 0 Å². The Bertz CT molecular complexity index is 714. The number of hydrogen-bond donors (Lipinski definition) is 2. The Hall–Kier alpha value is -2.11. The summed E-state index contributed by atoms with van der Waals surface area (Å²) in [6.45, 7) is 6.15. The van der Waals surface area contributed by atoms with Gasteiger partial charge in [0.05, 0.1) is 10.6 Å². The number of benzene rings is 2. The molecule has 24 heavy (non-hydrogen) atoms. The molecule has 1 amide bonds. The lowest BCUT2D eigenvalue weighted by Crippen LogP contribution is -2.34. The van der Waals surface area contributed by atoms with E-state index in [0.29, 0.717) is 10.6 Å². The van der Waals surface area contributed by atoms with E-state index in [2.05, 4.69) is 29.4 Å². The summed E-state index contributed by atoms with van der Waals surface area (Å²) in [6, 6.07) is 14.7. The van der Waals surface area contributed by atoms with Gasteiger partial charge in [-0.25, -0.2) is 0 Å². The molecule has 0 heterocycles. The van der Waals surface area contributed by atoms with E-state index in [-0.39, 0.29) is 11.0 Å². The Morgan fingerprint density at radius 2 is 1.71 bits per heavy atom. The molecule has 2 N–H and O–H groups in total. The average molecular weight is 362 g/mol. The first-order valence-electron chi connectivity index (χ1n) is 7.77. The second-order valence-corrected chi connectivity index (χ2v) is 5.92. The Morgan fingerprint density at radius 1 is 1.08 bits per heavy atom. The molecule has 0 saturated carbocycles. The van der Waals surface area contributed by atoms with Crippen LogP contribution >= 0.6 is 23.8 Å². The van der Waals surface area contributed by atoms with Gasteiger partial charge in [0.2, 0.25) is 0 Å². The van der Waals surface area contributed by atoms with Gasteiger partial charge >= 0.3 is 0 Å². The van der Waals surface area contributed by atoms with Gasteiger partial charge in [-0.3, -0.25) is 10.1 Å². The molecule has 0 aliphatic carbocycles. The number of rotatable bonds is 5. The van der Waals surface area contributed by atoms with Crippen molar-refractivity contribution in [1.29, 1.82) is 0 Å². The number of carbonyl (C=O) groups excluding carboxylic acids is 1. The Kier molecular flexibility index (Phi) is 6.58. The molecule has 0 aliphatic heterocycles. The molecule has 0 bridgehead atoms. The second kappa shape index (κ2) is 8.66. The van der Waals surface area contributed by atoms with Gasteiger partial charge in [-0.1, -0.05) is 23.7 Å². The fourth-order valence-corrected chi connectivity index (χ4v) is 2.75. The highest BCUT2D eigenvalue weighted by atomic mass is 35.5. The minimum absolute atomic E-state index is 0.232. The molecule has 0 unspecified atom stereocenters. The van der Waals surface area contributed by atoms with Gasteiger partial charge in [-0.2, -0.15) is 0 Å². The molecule has 0 atom stereocenters. The van der Waals surface area contributed by atoms with Crippen LogP contribution in [-0.2, 0) is 0 Å². The SMILES string of the molecule is CCN(CC)c1ccc(NC(=S)NC(=O)c2ccccc2Cl)cc1. The predicted octanol–water partition coefficient (Wildman–Crippen LogP) is 4.31. The van der Waals surface area contributed by atoms with Crippen LogP contribution in [0.15, 0.2) is 48.5 Å². The van der Waals surface area contributed by atoms with Crippen molar-refractivity contribution in [2.75, 3.05) is 23.3 Å². The average Bonchev–Trinajstić information content (AvgIpc) is 2.57. The summed E-state index contributed by atoms with van der Waals surface area (Å²) >= 11 is 11.2. The van der Waals surface area contributed by atoms with Crippen LogP contribution in [0.25, 0.3) is 0 Å². The van der Waals surface area contributed by atoms with Gasteiger partial charge in [-0.05, 0) is 62.5 Å². The molecule has 0 spiro atoms. The third-order valence-corrected chi connectivity index (χ3v) is 4.13. The summed E-state index contributed by atoms with van der Waals surface area (Å²) in [4.78, 5) is 14.4. The lowest BCUT2D eigenvalue weighted by molar-refractivity contribution is 0.0978. The Balaban J connectivity index is 1.97. The molecule has 126 valence electrons. The summed E-state index contributed by atoms with van der Waals surface area (Å²) in [7, 11) is 0. The zero-order chi connectivity index (χ0) is 17.5. The number of anilines is 2. The van der Waals surface area contributed by atoms with Crippen LogP contribution in [-0.4, -0.2) is 24.1 Å². The minimum atomic E-state index is -0.335. The molecule has 2 aromatic carbocycles. The number of carbonyl (C=O) groups is 1. The number of amides is 1. The summed E-state index contributed by atoms with van der Waals surface area (Å²) in [6.07, 6.45) is 0. The molecule has 2 rings (SSSR count). The number of nitrogens with zero attached hydrogens (tertiary/aromatic N) is 1. The zero-order valence-corrected chi connectivity index (χ0v) is 15.2. The van der Waals surface area contributed by atoms with Gasteiger partial charge < -0.3 is 10.2 Å². The Morgan fingerprint density at radius 3 is 2.29 bits per heavy atom. The number of thiocarbonyl (C=S) groups is 1. The van der Waals surface area contributed by atoms with E-state index in [1.165, 1.54) is 0 Å². The fourth-order valence-electron chi connectivity index (χ4n) is 2.32. The molecule has 6 heteroatoms. The van der Waals surface area contributed by atoms with Crippen LogP contribution in [0.1, 0.15) is 24.2 Å². The maximum absolute atomic E-state index is 12.2. The number of hydrogen-bond acceptors (Lipinski definition) is 3. The highest BCUT2D eigenvalue weighted by Gasteiger charge is 2.11. The largest absolute Gasteiger partial charge is 0.372 e. The van der Waals surface area contributed by atoms with E-state index in [0.717, 1.165) is 24.5 Å². The van der Waals surface area contributed by atoms with Crippen molar-refractivity contribution >= 4 is 46.2 Å². The standard InChI is InChI=1S/C18H20ClN3OS/c1-3-22(4-2)14-11-9-13(10-12-14)20-18(24)21-17(23)15-7-5-6-8-16(15)19/h5-12H,3-4H2,1-2H3,(H2,20,21,23,24). The van der Waals surface area contributed by atoms with Crippen LogP contribution in [0, 0.1) is 0 Å². The molecule has 2 aromatic rings. The number of halogens is 1. The first-order valence-corrected chi connectivity index (χ1v) is 8.55. The maximum Gasteiger partial charge on any atom is 0.258 e. The summed E-state index contributed by atoms with van der Waals surface area (Å²) in [5.41, 5.74) is 2.35. The molecule has 0 fully saturated rings. The molecule has 4 nitrogen and oxygen atoms in total. The van der Waals surface area contributed by atoms with Gasteiger partial charge in [0.25, 0.3) is 5.91 Å². The van der Waals surface area contributed by atoms with Crippen molar-refractivity contribution in [3.05, 3.63) is 59.1 Å². The van der Waals surface area contributed by atoms with E-state index >= 15 is 0 Å². The van der Waals surface area contributed by atoms with Crippen LogP contribution in [0.3, 0.4) is 0 Å². The molecular weight excluding hydrogens is 342 g/mol. The highest BCUT2D eigenvalue weighted by Crippen LogP contribution is 2.18. The minimum Gasteiger partial charge on any atom is -0.372 e. The topological polar surface area (TPSA) is 44.4 Å². The van der Waals surface area contributed by atoms with Gasteiger partial charge in [0.1, 0.15) is 0 Å². The van der Waals surface area contributed by atoms with Crippen molar-refractivity contribution in [2.45, 2.75) is 13.8 Å². The highest BCUT2D eigenvalue weighted by molar-refractivity contribution is 7.80. The van der Waals surface area contributed by atoms with E-state index in [1.54, 1.807) is 24.3 Å². The lowest BCUT2D eigenvalue weighted by Gasteiger charge is -2.21. The first kappa shape index (κ1) is 18.2. The van der Waals surface area contributed by atoms with E-state index in [4.69, 9.17) is 23.8 Å². The Labute approximate surface area is 152 Å². The molecule has 0 saturated heterocycles. The van der Waals surface area contributed by atoms with Crippen LogP contribution < -0.4 is 15.5 Å². The van der Waals surface area contributed by atoms with E-state index < -0.39 is 0 Å². The second-order valence-electron chi connectivity index (χ2n) is 5.11. The van der Waals surface area contributed by atoms with Crippen molar-refractivity contribution < 1.29 is 4.79 Å². The van der Waals surface area contributed by atoms with Crippen molar-refractivity contribution in [1.82, 2.24) is 5.32 Å². The number of nitrogens with one attached hydrogen (secondary N) is 2. The van der Waals surface area contributed by atoms with Crippen LogP contribution in [0.4, 0.5) is 11.4 Å². The van der Waals surface area contributed by atoms with Crippen molar-refractivity contribution in [3.8, 4) is 0 Å². The maximum atomic E-state index is 12.2. The van der Waals surface area contributed by atoms with Crippen molar-refractivity contribution in [3.63, 3.8) is 0 Å². The third-order valence-electron chi connectivity index (χ3n) is 3.60. The van der Waals surface area contributed by atoms with Crippen LogP contribution in [0.2, 0.25) is 5.02 Å². The van der Waals surface area contributed by atoms with E-state index in [9.17, 15) is 4.79 Å². The van der Waals surface area contributed by atoms with Gasteiger partial charge in [0, 0.05) is 24.5 Å².